The van der Waals surface area contributed by atoms with Gasteiger partial charge in [0.15, 0.2) is 0 Å². The zero-order valence-electron chi connectivity index (χ0n) is 11.6. The van der Waals surface area contributed by atoms with Gasteiger partial charge in [-0.05, 0) is 50.5 Å². The third-order valence-electron chi connectivity index (χ3n) is 5.46. The number of hydrogen-bond acceptors (Lipinski definition) is 3. The second-order valence-electron chi connectivity index (χ2n) is 6.55. The van der Waals surface area contributed by atoms with Crippen LogP contribution in [0, 0.1) is 11.8 Å². The summed E-state index contributed by atoms with van der Waals surface area (Å²) in [4.78, 5) is 5.37. The third kappa shape index (κ3) is 2.73. The van der Waals surface area contributed by atoms with E-state index in [1.54, 1.807) is 0 Å². The van der Waals surface area contributed by atoms with Crippen molar-refractivity contribution in [2.24, 2.45) is 11.8 Å². The highest BCUT2D eigenvalue weighted by Crippen LogP contribution is 2.46. The number of aliphatic hydroxyl groups is 1. The van der Waals surface area contributed by atoms with Crippen molar-refractivity contribution in [1.82, 2.24) is 9.80 Å². The smallest absolute Gasteiger partial charge is 0.0431 e. The van der Waals surface area contributed by atoms with Crippen LogP contribution in [0.3, 0.4) is 0 Å². The molecule has 3 nitrogen and oxygen atoms in total. The van der Waals surface area contributed by atoms with E-state index < -0.39 is 0 Å². The van der Waals surface area contributed by atoms with Gasteiger partial charge >= 0.3 is 0 Å². The molecule has 1 heterocycles. The summed E-state index contributed by atoms with van der Waals surface area (Å²) in [7, 11) is 0. The second-order valence-corrected chi connectivity index (χ2v) is 6.55. The van der Waals surface area contributed by atoms with Gasteiger partial charge in [-0.15, -0.1) is 0 Å². The Hall–Kier alpha value is -0.120. The molecule has 0 aromatic heterocycles. The molecule has 3 rings (SSSR count). The zero-order valence-corrected chi connectivity index (χ0v) is 11.6. The summed E-state index contributed by atoms with van der Waals surface area (Å²) in [5, 5.41) is 8.82. The molecule has 3 atom stereocenters. The molecular weight excluding hydrogens is 224 g/mol. The van der Waals surface area contributed by atoms with E-state index in [1.807, 2.05) is 0 Å². The largest absolute Gasteiger partial charge is 0.396 e. The summed E-state index contributed by atoms with van der Waals surface area (Å²) in [5.74, 6) is 2.11. The van der Waals surface area contributed by atoms with Crippen LogP contribution in [-0.2, 0) is 0 Å². The quantitative estimate of drug-likeness (QED) is 0.752. The van der Waals surface area contributed by atoms with Crippen LogP contribution in [0.4, 0.5) is 0 Å². The Balaban J connectivity index is 1.40. The van der Waals surface area contributed by atoms with Crippen LogP contribution in [0.25, 0.3) is 0 Å². The third-order valence-corrected chi connectivity index (χ3v) is 5.46. The van der Waals surface area contributed by atoms with E-state index >= 15 is 0 Å². The van der Waals surface area contributed by atoms with E-state index in [0.29, 0.717) is 6.61 Å². The molecule has 0 spiro atoms. The molecule has 0 aromatic rings. The Kier molecular flexibility index (Phi) is 4.22. The van der Waals surface area contributed by atoms with E-state index in [1.165, 1.54) is 58.4 Å². The van der Waals surface area contributed by atoms with Crippen LogP contribution in [0.15, 0.2) is 0 Å². The highest BCUT2D eigenvalue weighted by atomic mass is 16.2. The van der Waals surface area contributed by atoms with Gasteiger partial charge in [-0.2, -0.15) is 0 Å². The molecular formula is C15H28N2O. The van der Waals surface area contributed by atoms with Crippen LogP contribution in [0.5, 0.6) is 0 Å². The average Bonchev–Trinajstić information content (AvgIpc) is 3.02. The maximum Gasteiger partial charge on any atom is 0.0431 e. The average molecular weight is 252 g/mol. The first-order valence-corrected chi connectivity index (χ1v) is 7.94. The molecule has 2 bridgehead atoms. The minimum atomic E-state index is 0.352. The summed E-state index contributed by atoms with van der Waals surface area (Å²) >= 11 is 0. The predicted molar refractivity (Wildman–Crippen MR) is 73.6 cm³/mol. The minimum absolute atomic E-state index is 0.352. The molecule has 3 unspecified atom stereocenters. The van der Waals surface area contributed by atoms with Gasteiger partial charge in [-0.3, -0.25) is 4.90 Å². The summed E-state index contributed by atoms with van der Waals surface area (Å²) in [6, 6.07) is 0.934. The standard InChI is InChI=1S/C15H28N2O/c18-10-2-1-5-16-6-8-17(9-7-16)15-12-13-3-4-14(15)11-13/h13-15,18H,1-12H2. The molecule has 0 aromatic carbocycles. The van der Waals surface area contributed by atoms with Gasteiger partial charge in [0.1, 0.15) is 0 Å². The fourth-order valence-electron chi connectivity index (χ4n) is 4.42. The molecule has 104 valence electrons. The highest BCUT2D eigenvalue weighted by Gasteiger charge is 2.42. The Morgan fingerprint density at radius 1 is 0.944 bits per heavy atom. The van der Waals surface area contributed by atoms with E-state index in [9.17, 15) is 0 Å². The zero-order chi connectivity index (χ0) is 12.4. The number of hydrogen-bond donors (Lipinski definition) is 1. The molecule has 3 fully saturated rings. The van der Waals surface area contributed by atoms with Gasteiger partial charge in [-0.1, -0.05) is 6.42 Å². The fourth-order valence-corrected chi connectivity index (χ4v) is 4.42. The van der Waals surface area contributed by atoms with Crippen molar-refractivity contribution in [2.45, 2.75) is 44.6 Å². The lowest BCUT2D eigenvalue weighted by Gasteiger charge is -2.41. The maximum atomic E-state index is 8.82. The molecule has 2 aliphatic carbocycles. The number of unbranched alkanes of at least 4 members (excludes halogenated alkanes) is 1. The van der Waals surface area contributed by atoms with Crippen molar-refractivity contribution in [1.29, 1.82) is 0 Å². The van der Waals surface area contributed by atoms with E-state index in [2.05, 4.69) is 9.80 Å². The van der Waals surface area contributed by atoms with Crippen LogP contribution < -0.4 is 0 Å². The van der Waals surface area contributed by atoms with Crippen LogP contribution in [0.2, 0.25) is 0 Å². The lowest BCUT2D eigenvalue weighted by molar-refractivity contribution is 0.0698. The normalized spacial score (nSPS) is 37.5. The Morgan fingerprint density at radius 2 is 1.78 bits per heavy atom. The molecule has 1 N–H and O–H groups in total. The van der Waals surface area contributed by atoms with E-state index in [4.69, 9.17) is 5.11 Å². The summed E-state index contributed by atoms with van der Waals surface area (Å²) in [5.41, 5.74) is 0. The Morgan fingerprint density at radius 3 is 2.39 bits per heavy atom. The second kappa shape index (κ2) is 5.89. The Labute approximate surface area is 111 Å². The first kappa shape index (κ1) is 12.9. The van der Waals surface area contributed by atoms with Gasteiger partial charge in [0, 0.05) is 38.8 Å². The lowest BCUT2D eigenvalue weighted by Crippen LogP contribution is -2.51. The monoisotopic (exact) mass is 252 g/mol. The van der Waals surface area contributed by atoms with Crippen molar-refractivity contribution < 1.29 is 5.11 Å². The molecule has 2 saturated carbocycles. The maximum absolute atomic E-state index is 8.82. The predicted octanol–water partition coefficient (Wildman–Crippen LogP) is 1.57. The van der Waals surface area contributed by atoms with Gasteiger partial charge in [0.25, 0.3) is 0 Å². The first-order valence-electron chi connectivity index (χ1n) is 7.94. The van der Waals surface area contributed by atoms with Crippen molar-refractivity contribution in [3.05, 3.63) is 0 Å². The number of piperazine rings is 1. The van der Waals surface area contributed by atoms with Gasteiger partial charge in [0.2, 0.25) is 0 Å². The van der Waals surface area contributed by atoms with Gasteiger partial charge in [0.05, 0.1) is 0 Å². The minimum Gasteiger partial charge on any atom is -0.396 e. The number of fused-ring (bicyclic) bond motifs is 2. The van der Waals surface area contributed by atoms with Gasteiger partial charge in [-0.25, -0.2) is 0 Å². The molecule has 18 heavy (non-hydrogen) atoms. The van der Waals surface area contributed by atoms with E-state index in [0.717, 1.165) is 30.7 Å². The first-order chi connectivity index (χ1) is 8.86. The molecule has 1 saturated heterocycles. The van der Waals surface area contributed by atoms with Crippen molar-refractivity contribution in [3.63, 3.8) is 0 Å². The van der Waals surface area contributed by atoms with Crippen LogP contribution >= 0.6 is 0 Å². The summed E-state index contributed by atoms with van der Waals surface area (Å²) < 4.78 is 0. The molecule has 3 heteroatoms. The van der Waals surface area contributed by atoms with E-state index in [-0.39, 0.29) is 0 Å². The van der Waals surface area contributed by atoms with Crippen LogP contribution in [-0.4, -0.2) is 60.3 Å². The number of rotatable bonds is 5. The molecule has 3 aliphatic rings. The summed E-state index contributed by atoms with van der Waals surface area (Å²) in [6.07, 6.45) is 8.17. The molecule has 0 radical (unpaired) electrons. The molecule has 0 amide bonds. The lowest BCUT2D eigenvalue weighted by atomic mass is 9.93. The van der Waals surface area contributed by atoms with Crippen molar-refractivity contribution in [3.8, 4) is 0 Å². The molecule has 1 aliphatic heterocycles. The van der Waals surface area contributed by atoms with Crippen molar-refractivity contribution >= 4 is 0 Å². The Bertz CT molecular complexity index is 263. The highest BCUT2D eigenvalue weighted by molar-refractivity contribution is 4.96. The summed E-state index contributed by atoms with van der Waals surface area (Å²) in [6.45, 7) is 6.61. The number of aliphatic hydroxyl groups excluding tert-OH is 1. The SMILES string of the molecule is OCCCCN1CCN(C2CC3CCC2C3)CC1. The van der Waals surface area contributed by atoms with Crippen molar-refractivity contribution in [2.75, 3.05) is 39.3 Å². The topological polar surface area (TPSA) is 26.7 Å². The fraction of sp³-hybridized carbons (Fsp3) is 1.00. The van der Waals surface area contributed by atoms with Crippen LogP contribution in [0.1, 0.15) is 38.5 Å². The van der Waals surface area contributed by atoms with Gasteiger partial charge < -0.3 is 10.0 Å². The number of nitrogens with zero attached hydrogens (tertiary/aromatic N) is 2.